The van der Waals surface area contributed by atoms with Crippen LogP contribution in [0.15, 0.2) is 0 Å². The molecule has 3 atom stereocenters. The number of hydrogen-bond acceptors (Lipinski definition) is 4. The van der Waals surface area contributed by atoms with Crippen LogP contribution in [-0.2, 0) is 9.53 Å². The van der Waals surface area contributed by atoms with E-state index in [0.29, 0.717) is 19.6 Å². The van der Waals surface area contributed by atoms with Crippen molar-refractivity contribution in [1.29, 1.82) is 0 Å². The molecule has 6 heteroatoms. The number of ether oxygens (including phenoxy) is 1. The summed E-state index contributed by atoms with van der Waals surface area (Å²) < 4.78 is 5.33. The van der Waals surface area contributed by atoms with Gasteiger partial charge in [0.05, 0.1) is 12.6 Å². The highest BCUT2D eigenvalue weighted by atomic mass is 16.6. The molecule has 2 fully saturated rings. The molecule has 0 aromatic heterocycles. The van der Waals surface area contributed by atoms with Crippen molar-refractivity contribution < 1.29 is 19.4 Å². The number of fused-ring (bicyclic) bond motifs is 1. The summed E-state index contributed by atoms with van der Waals surface area (Å²) in [5, 5.41) is 12.6. The Kier molecular flexibility index (Phi) is 4.76. The fraction of sp³-hybridized carbons (Fsp3) is 0.867. The molecular formula is C15H26N2O4. The number of piperidine rings is 1. The van der Waals surface area contributed by atoms with Crippen LogP contribution in [0.1, 0.15) is 40.0 Å². The van der Waals surface area contributed by atoms with Crippen LogP contribution in [0.3, 0.4) is 0 Å². The number of hydrogen-bond donors (Lipinski definition) is 2. The fourth-order valence-corrected chi connectivity index (χ4v) is 3.13. The second-order valence-electron chi connectivity index (χ2n) is 7.24. The van der Waals surface area contributed by atoms with Crippen LogP contribution in [0, 0.1) is 11.3 Å². The highest BCUT2D eigenvalue weighted by Gasteiger charge is 2.48. The molecule has 2 N–H and O–H groups in total. The van der Waals surface area contributed by atoms with Gasteiger partial charge in [0.1, 0.15) is 6.04 Å². The number of nitrogens with zero attached hydrogens (tertiary/aromatic N) is 1. The van der Waals surface area contributed by atoms with Crippen LogP contribution < -0.4 is 5.32 Å². The molecule has 6 nitrogen and oxygen atoms in total. The number of carboxylic acids is 1. The lowest BCUT2D eigenvalue weighted by molar-refractivity contribution is -0.142. The zero-order valence-electron chi connectivity index (χ0n) is 13.1. The zero-order chi connectivity index (χ0) is 15.6. The molecule has 120 valence electrons. The summed E-state index contributed by atoms with van der Waals surface area (Å²) >= 11 is 0. The van der Waals surface area contributed by atoms with Gasteiger partial charge in [-0.15, -0.1) is 0 Å². The van der Waals surface area contributed by atoms with Crippen molar-refractivity contribution in [2.45, 2.75) is 52.1 Å². The maximum absolute atomic E-state index is 12.3. The van der Waals surface area contributed by atoms with E-state index in [2.05, 4.69) is 26.1 Å². The predicted molar refractivity (Wildman–Crippen MR) is 78.1 cm³/mol. The summed E-state index contributed by atoms with van der Waals surface area (Å²) in [4.78, 5) is 25.2. The van der Waals surface area contributed by atoms with Gasteiger partial charge in [-0.2, -0.15) is 0 Å². The number of rotatable bonds is 3. The average molecular weight is 298 g/mol. The topological polar surface area (TPSA) is 78.9 Å². The van der Waals surface area contributed by atoms with Crippen molar-refractivity contribution >= 4 is 12.1 Å². The van der Waals surface area contributed by atoms with Crippen molar-refractivity contribution in [3.63, 3.8) is 0 Å². The Labute approximate surface area is 125 Å². The van der Waals surface area contributed by atoms with Crippen LogP contribution in [0.5, 0.6) is 0 Å². The third-order valence-corrected chi connectivity index (χ3v) is 4.38. The van der Waals surface area contributed by atoms with E-state index in [9.17, 15) is 14.7 Å². The Morgan fingerprint density at radius 1 is 1.38 bits per heavy atom. The van der Waals surface area contributed by atoms with Crippen LogP contribution in [0.2, 0.25) is 0 Å². The predicted octanol–water partition coefficient (Wildman–Crippen LogP) is 1.70. The van der Waals surface area contributed by atoms with Gasteiger partial charge < -0.3 is 15.2 Å². The van der Waals surface area contributed by atoms with Crippen LogP contribution in [0.25, 0.3) is 0 Å². The van der Waals surface area contributed by atoms with Crippen molar-refractivity contribution in [3.05, 3.63) is 0 Å². The van der Waals surface area contributed by atoms with Crippen molar-refractivity contribution in [3.8, 4) is 0 Å². The molecule has 2 aliphatic heterocycles. The van der Waals surface area contributed by atoms with Crippen molar-refractivity contribution in [2.24, 2.45) is 11.3 Å². The summed E-state index contributed by atoms with van der Waals surface area (Å²) in [6, 6.07) is -0.802. The van der Waals surface area contributed by atoms with Gasteiger partial charge in [-0.1, -0.05) is 20.8 Å². The second-order valence-corrected chi connectivity index (χ2v) is 7.24. The lowest BCUT2D eigenvalue weighted by Gasteiger charge is -2.32. The first-order chi connectivity index (χ1) is 9.79. The van der Waals surface area contributed by atoms with Gasteiger partial charge in [0.15, 0.2) is 0 Å². The molecule has 0 aromatic carbocycles. The maximum Gasteiger partial charge on any atom is 0.410 e. The van der Waals surface area contributed by atoms with Crippen LogP contribution in [0.4, 0.5) is 4.79 Å². The lowest BCUT2D eigenvalue weighted by atomic mass is 9.92. The molecule has 2 heterocycles. The maximum atomic E-state index is 12.3. The lowest BCUT2D eigenvalue weighted by Crippen LogP contribution is -2.51. The van der Waals surface area contributed by atoms with E-state index >= 15 is 0 Å². The summed E-state index contributed by atoms with van der Waals surface area (Å²) in [6.07, 6.45) is 1.73. The van der Waals surface area contributed by atoms with Gasteiger partial charge in [0.2, 0.25) is 0 Å². The molecule has 2 rings (SSSR count). The van der Waals surface area contributed by atoms with E-state index in [1.165, 1.54) is 4.90 Å². The van der Waals surface area contributed by atoms with E-state index in [-0.39, 0.29) is 17.4 Å². The smallest absolute Gasteiger partial charge is 0.410 e. The van der Waals surface area contributed by atoms with E-state index in [1.807, 2.05) is 0 Å². The molecule has 21 heavy (non-hydrogen) atoms. The number of aliphatic carboxylic acids is 1. The van der Waals surface area contributed by atoms with Crippen LogP contribution >= 0.6 is 0 Å². The Morgan fingerprint density at radius 2 is 2.10 bits per heavy atom. The highest BCUT2D eigenvalue weighted by molar-refractivity contribution is 5.81. The minimum absolute atomic E-state index is 0.0537. The first kappa shape index (κ1) is 16.1. The minimum Gasteiger partial charge on any atom is -0.480 e. The Bertz CT molecular complexity index is 405. The van der Waals surface area contributed by atoms with Gasteiger partial charge in [-0.25, -0.2) is 9.59 Å². The quantitative estimate of drug-likeness (QED) is 0.829. The van der Waals surface area contributed by atoms with Gasteiger partial charge in [0.25, 0.3) is 0 Å². The Hall–Kier alpha value is -1.30. The van der Waals surface area contributed by atoms with Crippen molar-refractivity contribution in [2.75, 3.05) is 19.7 Å². The molecular weight excluding hydrogens is 272 g/mol. The number of amides is 1. The molecule has 1 amide bonds. The molecule has 0 bridgehead atoms. The summed E-state index contributed by atoms with van der Waals surface area (Å²) in [5.41, 5.74) is 0.0897. The summed E-state index contributed by atoms with van der Waals surface area (Å²) in [6.45, 7) is 8.12. The number of carbonyl (C=O) groups excluding carboxylic acids is 1. The highest BCUT2D eigenvalue weighted by Crippen LogP contribution is 2.34. The van der Waals surface area contributed by atoms with Gasteiger partial charge in [0, 0.05) is 6.54 Å². The normalized spacial score (nSPS) is 29.1. The standard InChI is InChI=1S/C15H26N2O4/c1-15(2,3)5-7-21-14(20)17-11(13(18)19)8-10-4-6-16-9-12(10)17/h10-12,16H,4-9H2,1-3H3,(H,18,19)/t10-,11-,12+/m0/s1. The number of likely N-dealkylation sites (tertiary alicyclic amines) is 1. The molecule has 0 unspecified atom stereocenters. The summed E-state index contributed by atoms with van der Waals surface area (Å²) in [7, 11) is 0. The number of carboxylic acid groups (broad SMARTS) is 1. The molecule has 2 aliphatic rings. The largest absolute Gasteiger partial charge is 0.480 e. The number of nitrogens with one attached hydrogen (secondary N) is 1. The third-order valence-electron chi connectivity index (χ3n) is 4.38. The van der Waals surface area contributed by atoms with E-state index in [0.717, 1.165) is 19.4 Å². The molecule has 0 saturated carbocycles. The zero-order valence-corrected chi connectivity index (χ0v) is 13.1. The Balaban J connectivity index is 2.00. The van der Waals surface area contributed by atoms with Crippen LogP contribution in [-0.4, -0.2) is 53.8 Å². The molecule has 0 aromatic rings. The van der Waals surface area contributed by atoms with Gasteiger partial charge >= 0.3 is 12.1 Å². The number of carbonyl (C=O) groups is 2. The van der Waals surface area contributed by atoms with Crippen molar-refractivity contribution in [1.82, 2.24) is 10.2 Å². The molecule has 2 saturated heterocycles. The van der Waals surface area contributed by atoms with Gasteiger partial charge in [-0.05, 0) is 37.1 Å². The molecule has 0 aliphatic carbocycles. The average Bonchev–Trinajstić information content (AvgIpc) is 2.76. The van der Waals surface area contributed by atoms with Gasteiger partial charge in [-0.3, -0.25) is 4.90 Å². The summed E-state index contributed by atoms with van der Waals surface area (Å²) in [5.74, 6) is -0.667. The molecule has 0 radical (unpaired) electrons. The second kappa shape index (κ2) is 6.22. The third kappa shape index (κ3) is 3.87. The SMILES string of the molecule is CC(C)(C)CCOC(=O)N1[C@@H]2CNCC[C@H]2C[C@H]1C(=O)O. The van der Waals surface area contributed by atoms with E-state index < -0.39 is 18.1 Å². The van der Waals surface area contributed by atoms with E-state index in [4.69, 9.17) is 4.74 Å². The molecule has 0 spiro atoms. The Morgan fingerprint density at radius 3 is 2.71 bits per heavy atom. The fourth-order valence-electron chi connectivity index (χ4n) is 3.13. The van der Waals surface area contributed by atoms with E-state index in [1.54, 1.807) is 0 Å². The first-order valence-corrected chi connectivity index (χ1v) is 7.68. The minimum atomic E-state index is -0.933. The first-order valence-electron chi connectivity index (χ1n) is 7.68. The monoisotopic (exact) mass is 298 g/mol.